The Morgan fingerprint density at radius 3 is 2.45 bits per heavy atom. The third-order valence-corrected chi connectivity index (χ3v) is 5.50. The Morgan fingerprint density at radius 1 is 0.968 bits per heavy atom. The molecular formula is C25H36N2O4. The molecule has 0 aliphatic carbocycles. The van der Waals surface area contributed by atoms with Crippen LogP contribution < -0.4 is 14.2 Å². The Kier molecular flexibility index (Phi) is 9.46. The normalized spacial score (nSPS) is 15.6. The summed E-state index contributed by atoms with van der Waals surface area (Å²) in [6.07, 6.45) is 3.39. The van der Waals surface area contributed by atoms with Gasteiger partial charge in [0.25, 0.3) is 0 Å². The lowest BCUT2D eigenvalue weighted by Gasteiger charge is -2.26. The first-order valence-corrected chi connectivity index (χ1v) is 11.2. The van der Waals surface area contributed by atoms with Gasteiger partial charge in [0.05, 0.1) is 7.11 Å². The summed E-state index contributed by atoms with van der Waals surface area (Å²) in [5.74, 6) is 2.41. The first-order chi connectivity index (χ1) is 15.1. The second-order valence-electron chi connectivity index (χ2n) is 8.24. The number of likely N-dealkylation sites (N-methyl/N-ethyl adjacent to an activating group) is 1. The van der Waals surface area contributed by atoms with E-state index in [0.717, 1.165) is 36.9 Å². The number of likely N-dealkylation sites (tertiary alicyclic amines) is 1. The number of hydrogen-bond acceptors (Lipinski definition) is 6. The molecule has 0 spiro atoms. The van der Waals surface area contributed by atoms with Crippen LogP contribution in [0.5, 0.6) is 17.2 Å². The van der Waals surface area contributed by atoms with E-state index in [0.29, 0.717) is 6.54 Å². The summed E-state index contributed by atoms with van der Waals surface area (Å²) >= 11 is 0. The fraction of sp³-hybridized carbons (Fsp3) is 0.520. The number of hydrogen-bond donors (Lipinski definition) is 1. The lowest BCUT2D eigenvalue weighted by molar-refractivity contribution is 0.0743. The third-order valence-electron chi connectivity index (χ3n) is 5.50. The van der Waals surface area contributed by atoms with Crippen molar-refractivity contribution < 1.29 is 19.3 Å². The molecule has 1 saturated heterocycles. The summed E-state index contributed by atoms with van der Waals surface area (Å²) in [6.45, 7) is 5.61. The first kappa shape index (κ1) is 23.4. The summed E-state index contributed by atoms with van der Waals surface area (Å²) in [6, 6.07) is 15.6. The summed E-state index contributed by atoms with van der Waals surface area (Å²) in [5.41, 5.74) is 1.17. The van der Waals surface area contributed by atoms with E-state index in [4.69, 9.17) is 14.2 Å². The Balaban J connectivity index is 1.37. The zero-order chi connectivity index (χ0) is 21.9. The van der Waals surface area contributed by atoms with E-state index in [9.17, 15) is 5.11 Å². The van der Waals surface area contributed by atoms with Gasteiger partial charge in [0.1, 0.15) is 36.6 Å². The van der Waals surface area contributed by atoms with Crippen molar-refractivity contribution in [1.82, 2.24) is 9.80 Å². The van der Waals surface area contributed by atoms with Gasteiger partial charge < -0.3 is 19.3 Å². The van der Waals surface area contributed by atoms with Gasteiger partial charge in [-0.25, -0.2) is 0 Å². The lowest BCUT2D eigenvalue weighted by atomic mass is 10.1. The molecule has 0 bridgehead atoms. The Hall–Kier alpha value is -2.28. The molecule has 3 rings (SSSR count). The average Bonchev–Trinajstić information content (AvgIpc) is 2.79. The Bertz CT molecular complexity index is 762. The van der Waals surface area contributed by atoms with Crippen molar-refractivity contribution in [2.24, 2.45) is 0 Å². The van der Waals surface area contributed by atoms with Gasteiger partial charge in [-0.1, -0.05) is 18.6 Å². The van der Waals surface area contributed by atoms with Gasteiger partial charge >= 0.3 is 0 Å². The van der Waals surface area contributed by atoms with Crippen molar-refractivity contribution in [2.45, 2.75) is 31.9 Å². The van der Waals surface area contributed by atoms with Crippen molar-refractivity contribution in [3.63, 3.8) is 0 Å². The van der Waals surface area contributed by atoms with Crippen LogP contribution in [0, 0.1) is 0 Å². The van der Waals surface area contributed by atoms with Crippen LogP contribution in [0.4, 0.5) is 0 Å². The van der Waals surface area contributed by atoms with Crippen molar-refractivity contribution in [1.29, 1.82) is 0 Å². The highest BCUT2D eigenvalue weighted by Gasteiger charge is 2.12. The topological polar surface area (TPSA) is 54.4 Å². The Morgan fingerprint density at radius 2 is 1.71 bits per heavy atom. The molecule has 2 aromatic rings. The number of ether oxygens (including phenoxy) is 3. The van der Waals surface area contributed by atoms with E-state index in [2.05, 4.69) is 21.9 Å². The molecule has 1 heterocycles. The van der Waals surface area contributed by atoms with E-state index in [1.165, 1.54) is 37.9 Å². The summed E-state index contributed by atoms with van der Waals surface area (Å²) in [7, 11) is 3.63. The standard InChI is InChI=1S/C25H36N2O4/c1-26(19-22(28)20-31-24-11-9-23(29-2)10-12-24)18-21-7-6-8-25(17-21)30-16-15-27-13-4-3-5-14-27/h6-12,17,22,28H,3-5,13-16,18-20H2,1-2H3. The molecule has 2 aromatic carbocycles. The van der Waals surface area contributed by atoms with E-state index >= 15 is 0 Å². The highest BCUT2D eigenvalue weighted by atomic mass is 16.5. The minimum Gasteiger partial charge on any atom is -0.497 e. The molecule has 0 radical (unpaired) electrons. The maximum atomic E-state index is 10.3. The molecule has 170 valence electrons. The monoisotopic (exact) mass is 428 g/mol. The minimum atomic E-state index is -0.573. The van der Waals surface area contributed by atoms with Gasteiger partial charge in [-0.3, -0.25) is 9.80 Å². The number of benzene rings is 2. The molecular weight excluding hydrogens is 392 g/mol. The van der Waals surface area contributed by atoms with Crippen molar-refractivity contribution in [2.75, 3.05) is 53.6 Å². The van der Waals surface area contributed by atoms with E-state index in [1.54, 1.807) is 7.11 Å². The SMILES string of the molecule is COc1ccc(OCC(O)CN(C)Cc2cccc(OCCN3CCCCC3)c2)cc1. The van der Waals surface area contributed by atoms with Crippen molar-refractivity contribution in [3.05, 3.63) is 54.1 Å². The molecule has 1 N–H and O–H groups in total. The van der Waals surface area contributed by atoms with Gasteiger partial charge in [-0.15, -0.1) is 0 Å². The fourth-order valence-electron chi connectivity index (χ4n) is 3.86. The van der Waals surface area contributed by atoms with Gasteiger partial charge in [-0.05, 0) is 74.9 Å². The molecule has 6 nitrogen and oxygen atoms in total. The molecule has 1 fully saturated rings. The second kappa shape index (κ2) is 12.5. The molecule has 1 unspecified atom stereocenters. The van der Waals surface area contributed by atoms with Gasteiger partial charge in [-0.2, -0.15) is 0 Å². The van der Waals surface area contributed by atoms with Crippen molar-refractivity contribution >= 4 is 0 Å². The molecule has 0 amide bonds. The lowest BCUT2D eigenvalue weighted by Crippen LogP contribution is -2.33. The highest BCUT2D eigenvalue weighted by molar-refractivity contribution is 5.31. The zero-order valence-electron chi connectivity index (χ0n) is 18.8. The predicted octanol–water partition coefficient (Wildman–Crippen LogP) is 3.43. The van der Waals surface area contributed by atoms with Gasteiger partial charge in [0.2, 0.25) is 0 Å². The van der Waals surface area contributed by atoms with Crippen LogP contribution in [-0.4, -0.2) is 74.6 Å². The summed E-state index contributed by atoms with van der Waals surface area (Å²) < 4.78 is 16.8. The van der Waals surface area contributed by atoms with Crippen LogP contribution in [0.1, 0.15) is 24.8 Å². The summed E-state index contributed by atoms with van der Waals surface area (Å²) in [5, 5.41) is 10.3. The first-order valence-electron chi connectivity index (χ1n) is 11.2. The minimum absolute atomic E-state index is 0.246. The smallest absolute Gasteiger partial charge is 0.119 e. The number of aliphatic hydroxyl groups is 1. The quantitative estimate of drug-likeness (QED) is 0.559. The maximum Gasteiger partial charge on any atom is 0.119 e. The van der Waals surface area contributed by atoms with Crippen LogP contribution >= 0.6 is 0 Å². The van der Waals surface area contributed by atoms with Crippen LogP contribution in [0.25, 0.3) is 0 Å². The number of nitrogens with zero attached hydrogens (tertiary/aromatic N) is 2. The molecule has 1 atom stereocenters. The second-order valence-corrected chi connectivity index (χ2v) is 8.24. The van der Waals surface area contributed by atoms with E-state index in [1.807, 2.05) is 43.4 Å². The van der Waals surface area contributed by atoms with Crippen LogP contribution in [-0.2, 0) is 6.54 Å². The molecule has 1 aliphatic heterocycles. The number of methoxy groups -OCH3 is 1. The summed E-state index contributed by atoms with van der Waals surface area (Å²) in [4.78, 5) is 4.57. The number of rotatable bonds is 12. The largest absolute Gasteiger partial charge is 0.497 e. The Labute approximate surface area is 186 Å². The number of aliphatic hydroxyl groups excluding tert-OH is 1. The van der Waals surface area contributed by atoms with Gasteiger partial charge in [0, 0.05) is 19.6 Å². The van der Waals surface area contributed by atoms with E-state index < -0.39 is 6.10 Å². The molecule has 6 heteroatoms. The number of piperidine rings is 1. The molecule has 1 aliphatic rings. The highest BCUT2D eigenvalue weighted by Crippen LogP contribution is 2.18. The molecule has 31 heavy (non-hydrogen) atoms. The average molecular weight is 429 g/mol. The predicted molar refractivity (Wildman–Crippen MR) is 123 cm³/mol. The van der Waals surface area contributed by atoms with Crippen LogP contribution in [0.15, 0.2) is 48.5 Å². The van der Waals surface area contributed by atoms with Crippen LogP contribution in [0.2, 0.25) is 0 Å². The third kappa shape index (κ3) is 8.40. The molecule has 0 aromatic heterocycles. The van der Waals surface area contributed by atoms with Crippen LogP contribution in [0.3, 0.4) is 0 Å². The van der Waals surface area contributed by atoms with E-state index in [-0.39, 0.29) is 6.61 Å². The van der Waals surface area contributed by atoms with Crippen molar-refractivity contribution in [3.8, 4) is 17.2 Å². The maximum absolute atomic E-state index is 10.3. The fourth-order valence-corrected chi connectivity index (χ4v) is 3.86. The van der Waals surface area contributed by atoms with Gasteiger partial charge in [0.15, 0.2) is 0 Å². The molecule has 0 saturated carbocycles. The zero-order valence-corrected chi connectivity index (χ0v) is 18.8.